The van der Waals surface area contributed by atoms with Gasteiger partial charge in [0, 0.05) is 44.8 Å². The summed E-state index contributed by atoms with van der Waals surface area (Å²) in [5.41, 5.74) is 0.860. The lowest BCUT2D eigenvalue weighted by molar-refractivity contribution is 0.0587. The van der Waals surface area contributed by atoms with E-state index >= 15 is 0 Å². The zero-order chi connectivity index (χ0) is 22.9. The van der Waals surface area contributed by atoms with E-state index in [1.54, 1.807) is 41.3 Å². The molecule has 2 heterocycles. The third kappa shape index (κ3) is 4.67. The molecule has 172 valence electrons. The van der Waals surface area contributed by atoms with Crippen LogP contribution in [-0.4, -0.2) is 83.3 Å². The first-order chi connectivity index (χ1) is 15.2. The van der Waals surface area contributed by atoms with Gasteiger partial charge in [-0.3, -0.25) is 14.0 Å². The van der Waals surface area contributed by atoms with Gasteiger partial charge in [0.15, 0.2) is 9.84 Å². The molecule has 0 aliphatic carbocycles. The predicted molar refractivity (Wildman–Crippen MR) is 123 cm³/mol. The van der Waals surface area contributed by atoms with Crippen LogP contribution >= 0.6 is 0 Å². The minimum atomic E-state index is -3.81. The summed E-state index contributed by atoms with van der Waals surface area (Å²) in [6.45, 7) is 2.19. The van der Waals surface area contributed by atoms with Crippen molar-refractivity contribution < 1.29 is 21.6 Å². The van der Waals surface area contributed by atoms with Gasteiger partial charge in [-0.25, -0.2) is 16.8 Å². The zero-order valence-corrected chi connectivity index (χ0v) is 19.6. The number of hydrogen-bond donors (Lipinski definition) is 0. The van der Waals surface area contributed by atoms with Gasteiger partial charge in [-0.2, -0.15) is 0 Å². The second-order valence-electron chi connectivity index (χ2n) is 8.22. The van der Waals surface area contributed by atoms with Gasteiger partial charge in [0.25, 0.3) is 15.9 Å². The number of para-hydroxylation sites is 1. The van der Waals surface area contributed by atoms with Crippen LogP contribution in [0, 0.1) is 0 Å². The average molecular weight is 478 g/mol. The maximum Gasteiger partial charge on any atom is 0.264 e. The molecule has 0 spiro atoms. The van der Waals surface area contributed by atoms with E-state index in [1.165, 1.54) is 23.5 Å². The van der Waals surface area contributed by atoms with E-state index in [0.29, 0.717) is 43.9 Å². The lowest BCUT2D eigenvalue weighted by Crippen LogP contribution is -2.52. The molecule has 0 radical (unpaired) electrons. The van der Waals surface area contributed by atoms with E-state index in [1.807, 2.05) is 6.07 Å². The number of piperazine rings is 1. The monoisotopic (exact) mass is 477 g/mol. The Bertz CT molecular complexity index is 1190. The zero-order valence-electron chi connectivity index (χ0n) is 17.9. The van der Waals surface area contributed by atoms with Crippen LogP contribution in [0.5, 0.6) is 0 Å². The molecule has 2 aromatic rings. The lowest BCUT2D eigenvalue weighted by Gasteiger charge is -2.37. The topological polar surface area (TPSA) is 95.1 Å². The normalized spacial score (nSPS) is 21.4. The summed E-state index contributed by atoms with van der Waals surface area (Å²) in [7, 11) is -5.27. The molecule has 2 saturated heterocycles. The predicted octanol–water partition coefficient (Wildman–Crippen LogP) is 1.46. The maximum absolute atomic E-state index is 13.1. The summed E-state index contributed by atoms with van der Waals surface area (Å²) >= 11 is 0. The maximum atomic E-state index is 13.1. The van der Waals surface area contributed by atoms with Crippen LogP contribution in [0.3, 0.4) is 0 Å². The molecule has 0 saturated carbocycles. The number of carbonyl (C=O) groups excluding carboxylic acids is 1. The van der Waals surface area contributed by atoms with E-state index < -0.39 is 19.9 Å². The van der Waals surface area contributed by atoms with Crippen LogP contribution in [0.25, 0.3) is 0 Å². The first kappa shape index (κ1) is 22.8. The molecule has 0 bridgehead atoms. The highest BCUT2D eigenvalue weighted by Crippen LogP contribution is 2.24. The number of nitrogens with zero attached hydrogens (tertiary/aromatic N) is 3. The average Bonchev–Trinajstić information content (AvgIpc) is 3.18. The van der Waals surface area contributed by atoms with E-state index in [9.17, 15) is 21.6 Å². The summed E-state index contributed by atoms with van der Waals surface area (Å²) in [5.74, 6) is 0.203. The highest BCUT2D eigenvalue weighted by atomic mass is 32.2. The van der Waals surface area contributed by atoms with Gasteiger partial charge in [0.05, 0.1) is 22.1 Å². The first-order valence-corrected chi connectivity index (χ1v) is 13.8. The van der Waals surface area contributed by atoms with Gasteiger partial charge < -0.3 is 4.90 Å². The van der Waals surface area contributed by atoms with E-state index in [0.717, 1.165) is 0 Å². The van der Waals surface area contributed by atoms with Crippen molar-refractivity contribution in [2.75, 3.05) is 49.0 Å². The summed E-state index contributed by atoms with van der Waals surface area (Å²) in [6.07, 6.45) is 0.644. The molecule has 2 aliphatic heterocycles. The molecule has 10 heteroatoms. The van der Waals surface area contributed by atoms with Gasteiger partial charge in [-0.05, 0) is 36.8 Å². The number of hydrogen-bond acceptors (Lipinski definition) is 6. The third-order valence-corrected chi connectivity index (χ3v) is 9.72. The molecule has 2 aliphatic rings. The van der Waals surface area contributed by atoms with E-state index in [2.05, 4.69) is 4.90 Å². The Balaban J connectivity index is 1.45. The first-order valence-electron chi connectivity index (χ1n) is 10.6. The molecule has 32 heavy (non-hydrogen) atoms. The number of sulfonamides is 1. The van der Waals surface area contributed by atoms with Crippen molar-refractivity contribution in [2.45, 2.75) is 17.4 Å². The number of sulfone groups is 1. The Hall–Kier alpha value is -2.43. The van der Waals surface area contributed by atoms with Crippen molar-refractivity contribution >= 4 is 31.5 Å². The largest absolute Gasteiger partial charge is 0.336 e. The molecule has 2 fully saturated rings. The van der Waals surface area contributed by atoms with Gasteiger partial charge in [0.1, 0.15) is 0 Å². The van der Waals surface area contributed by atoms with Gasteiger partial charge in [-0.1, -0.05) is 24.3 Å². The van der Waals surface area contributed by atoms with Crippen LogP contribution in [0.1, 0.15) is 16.8 Å². The molecule has 1 atom stereocenters. The van der Waals surface area contributed by atoms with Gasteiger partial charge in [0.2, 0.25) is 0 Å². The highest BCUT2D eigenvalue weighted by Gasteiger charge is 2.34. The standard InChI is InChI=1S/C22H27N3O5S2/c1-23(19-7-3-2-4-8-19)32(29,30)21-9-5-6-18(16-21)22(26)25-13-11-24(12-14-25)20-10-15-31(27,28)17-20/h2-9,16,20H,10-15,17H2,1H3/t20-/m1/s1. The molecule has 4 rings (SSSR count). The molecule has 1 amide bonds. The fourth-order valence-electron chi connectivity index (χ4n) is 4.26. The lowest BCUT2D eigenvalue weighted by atomic mass is 10.1. The van der Waals surface area contributed by atoms with Crippen LogP contribution < -0.4 is 4.31 Å². The summed E-state index contributed by atoms with van der Waals surface area (Å²) in [4.78, 5) is 17.0. The van der Waals surface area contributed by atoms with Gasteiger partial charge in [-0.15, -0.1) is 0 Å². The van der Waals surface area contributed by atoms with Crippen molar-refractivity contribution in [3.63, 3.8) is 0 Å². The molecular formula is C22H27N3O5S2. The fourth-order valence-corrected chi connectivity index (χ4v) is 7.26. The number of benzene rings is 2. The van der Waals surface area contributed by atoms with Crippen LogP contribution in [0.2, 0.25) is 0 Å². The van der Waals surface area contributed by atoms with Crippen LogP contribution in [0.15, 0.2) is 59.5 Å². The SMILES string of the molecule is CN(c1ccccc1)S(=O)(=O)c1cccc(C(=O)N2CCN([C@@H]3CCS(=O)(=O)C3)CC2)c1. The Morgan fingerprint density at radius 2 is 1.69 bits per heavy atom. The van der Waals surface area contributed by atoms with Crippen LogP contribution in [0.4, 0.5) is 5.69 Å². The quantitative estimate of drug-likeness (QED) is 0.647. The minimum Gasteiger partial charge on any atom is -0.336 e. The molecular weight excluding hydrogens is 450 g/mol. The molecule has 0 aromatic heterocycles. The Morgan fingerprint density at radius 3 is 2.31 bits per heavy atom. The van der Waals surface area contributed by atoms with Crippen LogP contribution in [-0.2, 0) is 19.9 Å². The molecule has 8 nitrogen and oxygen atoms in total. The fraction of sp³-hybridized carbons (Fsp3) is 0.409. The van der Waals surface area contributed by atoms with Crippen molar-refractivity contribution in [1.82, 2.24) is 9.80 Å². The molecule has 2 aromatic carbocycles. The Kier molecular flexibility index (Phi) is 6.28. The summed E-state index contributed by atoms with van der Waals surface area (Å²) in [5, 5.41) is 0. The van der Waals surface area contributed by atoms with Crippen molar-refractivity contribution in [3.8, 4) is 0 Å². The van der Waals surface area contributed by atoms with Crippen molar-refractivity contribution in [2.24, 2.45) is 0 Å². The van der Waals surface area contributed by atoms with E-state index in [-0.39, 0.29) is 28.4 Å². The summed E-state index contributed by atoms with van der Waals surface area (Å²) in [6, 6.07) is 14.9. The third-order valence-electron chi connectivity index (χ3n) is 6.19. The number of rotatable bonds is 5. The number of anilines is 1. The Morgan fingerprint density at radius 1 is 1.00 bits per heavy atom. The van der Waals surface area contributed by atoms with E-state index in [4.69, 9.17) is 0 Å². The number of carbonyl (C=O) groups is 1. The second kappa shape index (κ2) is 8.84. The molecule has 0 N–H and O–H groups in total. The number of amides is 1. The molecule has 0 unspecified atom stereocenters. The van der Waals surface area contributed by atoms with Crippen molar-refractivity contribution in [3.05, 3.63) is 60.2 Å². The Labute approximate surface area is 189 Å². The van der Waals surface area contributed by atoms with Crippen molar-refractivity contribution in [1.29, 1.82) is 0 Å². The smallest absolute Gasteiger partial charge is 0.264 e. The second-order valence-corrected chi connectivity index (χ2v) is 12.4. The minimum absolute atomic E-state index is 0.0271. The van der Waals surface area contributed by atoms with Gasteiger partial charge >= 0.3 is 0 Å². The summed E-state index contributed by atoms with van der Waals surface area (Å²) < 4.78 is 50.8. The highest BCUT2D eigenvalue weighted by molar-refractivity contribution is 7.92.